The Morgan fingerprint density at radius 3 is 1.57 bits per heavy atom. The molecule has 0 radical (unpaired) electrons. The van der Waals surface area contributed by atoms with Crippen LogP contribution in [0, 0.1) is 0 Å². The topological polar surface area (TPSA) is 118 Å². The van der Waals surface area contributed by atoms with Gasteiger partial charge in [0.05, 0.1) is 18.1 Å². The average Bonchev–Trinajstić information content (AvgIpc) is 2.35. The van der Waals surface area contributed by atoms with Crippen LogP contribution in [-0.4, -0.2) is 44.6 Å². The number of rotatable bonds is 10. The van der Waals surface area contributed by atoms with Crippen LogP contribution in [0.3, 0.4) is 0 Å². The van der Waals surface area contributed by atoms with Crippen LogP contribution >= 0.6 is 0 Å². The van der Waals surface area contributed by atoms with Crippen molar-refractivity contribution in [1.82, 2.24) is 0 Å². The van der Waals surface area contributed by atoms with Gasteiger partial charge >= 0.3 is 0 Å². The van der Waals surface area contributed by atoms with E-state index in [9.17, 15) is 16.8 Å². The first kappa shape index (κ1) is 20.0. The van der Waals surface area contributed by atoms with E-state index in [4.69, 9.17) is 13.8 Å². The van der Waals surface area contributed by atoms with Gasteiger partial charge in [0.15, 0.2) is 0 Å². The minimum Gasteiger partial charge on any atom is -0.380 e. The lowest BCUT2D eigenvalue weighted by molar-refractivity contribution is 0.185. The fourth-order valence-corrected chi connectivity index (χ4v) is 3.31. The van der Waals surface area contributed by atoms with Crippen molar-refractivity contribution in [2.75, 3.05) is 18.6 Å². The van der Waals surface area contributed by atoms with Crippen LogP contribution < -0.4 is 0 Å². The van der Waals surface area contributed by atoms with Crippen molar-refractivity contribution < 1.29 is 30.7 Å². The van der Waals surface area contributed by atoms with Crippen LogP contribution in [0.4, 0.5) is 0 Å². The molecule has 0 fully saturated rings. The molecule has 0 aliphatic heterocycles. The molecule has 132 valence electrons. The standard InChI is InChI=1S/C14H22O7S2/c1-21-11-14-9-12(4-2-6-22(15,16)17)8-13(10-14)5-3-7-23(18,19)20/h8-10H,2-7,11H2,1H3,(H,15,16,17)(H,18,19,20). The van der Waals surface area contributed by atoms with Crippen LogP contribution in [-0.2, 0) is 44.4 Å². The molecule has 2 N–H and O–H groups in total. The molecule has 23 heavy (non-hydrogen) atoms. The van der Waals surface area contributed by atoms with Gasteiger partial charge in [0, 0.05) is 7.11 Å². The first-order valence-corrected chi connectivity index (χ1v) is 10.3. The van der Waals surface area contributed by atoms with Crippen LogP contribution in [0.2, 0.25) is 0 Å². The van der Waals surface area contributed by atoms with Crippen molar-refractivity contribution in [1.29, 1.82) is 0 Å². The molecule has 0 heterocycles. The van der Waals surface area contributed by atoms with Gasteiger partial charge in [-0.3, -0.25) is 9.11 Å². The van der Waals surface area contributed by atoms with Crippen molar-refractivity contribution >= 4 is 20.2 Å². The van der Waals surface area contributed by atoms with E-state index >= 15 is 0 Å². The van der Waals surface area contributed by atoms with E-state index in [0.717, 1.165) is 16.7 Å². The summed E-state index contributed by atoms with van der Waals surface area (Å²) in [5.74, 6) is -0.612. The van der Waals surface area contributed by atoms with E-state index in [1.807, 2.05) is 18.2 Å². The highest BCUT2D eigenvalue weighted by atomic mass is 32.2. The van der Waals surface area contributed by atoms with Crippen LogP contribution in [0.5, 0.6) is 0 Å². The van der Waals surface area contributed by atoms with Gasteiger partial charge in [-0.05, 0) is 42.4 Å². The van der Waals surface area contributed by atoms with Crippen molar-refractivity contribution in [3.8, 4) is 0 Å². The molecule has 0 aliphatic rings. The molecule has 0 unspecified atom stereocenters. The molecular weight excluding hydrogens is 344 g/mol. The first-order chi connectivity index (χ1) is 10.6. The Morgan fingerprint density at radius 2 is 1.22 bits per heavy atom. The lowest BCUT2D eigenvalue weighted by Gasteiger charge is -2.09. The smallest absolute Gasteiger partial charge is 0.264 e. The number of benzene rings is 1. The summed E-state index contributed by atoms with van der Waals surface area (Å²) >= 11 is 0. The van der Waals surface area contributed by atoms with Crippen molar-refractivity contribution in [3.05, 3.63) is 34.9 Å². The lowest BCUT2D eigenvalue weighted by atomic mass is 10.0. The lowest BCUT2D eigenvalue weighted by Crippen LogP contribution is -2.06. The molecule has 0 amide bonds. The van der Waals surface area contributed by atoms with E-state index < -0.39 is 20.2 Å². The average molecular weight is 366 g/mol. The maximum absolute atomic E-state index is 10.7. The minimum atomic E-state index is -3.97. The summed E-state index contributed by atoms with van der Waals surface area (Å²) in [5.41, 5.74) is 2.69. The van der Waals surface area contributed by atoms with Gasteiger partial charge in [-0.2, -0.15) is 16.8 Å². The molecule has 0 bridgehead atoms. The molecule has 1 rings (SSSR count). The Labute approximate surface area is 137 Å². The van der Waals surface area contributed by atoms with Crippen LogP contribution in [0.25, 0.3) is 0 Å². The highest BCUT2D eigenvalue weighted by molar-refractivity contribution is 7.86. The number of hydrogen-bond donors (Lipinski definition) is 2. The Morgan fingerprint density at radius 1 is 0.826 bits per heavy atom. The van der Waals surface area contributed by atoms with Crippen molar-refractivity contribution in [3.63, 3.8) is 0 Å². The van der Waals surface area contributed by atoms with E-state index in [2.05, 4.69) is 0 Å². The second-order valence-corrected chi connectivity index (χ2v) is 8.51. The summed E-state index contributed by atoms with van der Waals surface area (Å²) in [6.07, 6.45) is 1.53. The molecular formula is C14H22O7S2. The SMILES string of the molecule is COCc1cc(CCCS(=O)(=O)O)cc(CCCS(=O)(=O)O)c1. The predicted octanol–water partition coefficient (Wildman–Crippen LogP) is 1.47. The van der Waals surface area contributed by atoms with Gasteiger partial charge < -0.3 is 4.74 Å². The summed E-state index contributed by atoms with van der Waals surface area (Å²) in [6, 6.07) is 5.65. The molecule has 1 aromatic carbocycles. The number of aryl methyl sites for hydroxylation is 2. The maximum atomic E-state index is 10.7. The summed E-state index contributed by atoms with van der Waals surface area (Å²) in [7, 11) is -6.39. The van der Waals surface area contributed by atoms with E-state index in [1.165, 1.54) is 0 Å². The summed E-state index contributed by atoms with van der Waals surface area (Å²) in [5, 5.41) is 0. The Kier molecular flexibility index (Phi) is 7.62. The first-order valence-electron chi connectivity index (χ1n) is 7.10. The predicted molar refractivity (Wildman–Crippen MR) is 86.6 cm³/mol. The Hall–Kier alpha value is -1.00. The minimum absolute atomic E-state index is 0.291. The monoisotopic (exact) mass is 366 g/mol. The molecule has 9 heteroatoms. The normalized spacial score (nSPS) is 12.5. The number of ether oxygens (including phenoxy) is 1. The highest BCUT2D eigenvalue weighted by Crippen LogP contribution is 2.15. The van der Waals surface area contributed by atoms with Gasteiger partial charge in [0.25, 0.3) is 20.2 Å². The van der Waals surface area contributed by atoms with Crippen LogP contribution in [0.1, 0.15) is 29.5 Å². The summed E-state index contributed by atoms with van der Waals surface area (Å²) in [6.45, 7) is 0.386. The highest BCUT2D eigenvalue weighted by Gasteiger charge is 2.08. The third-order valence-electron chi connectivity index (χ3n) is 3.16. The molecule has 7 nitrogen and oxygen atoms in total. The van der Waals surface area contributed by atoms with Gasteiger partial charge in [-0.1, -0.05) is 18.2 Å². The second kappa shape index (κ2) is 8.74. The van der Waals surface area contributed by atoms with Crippen molar-refractivity contribution in [2.45, 2.75) is 32.3 Å². The maximum Gasteiger partial charge on any atom is 0.264 e. The molecule has 0 aromatic heterocycles. The van der Waals surface area contributed by atoms with E-state index in [1.54, 1.807) is 7.11 Å². The quantitative estimate of drug-likeness (QED) is 0.602. The Balaban J connectivity index is 2.76. The van der Waals surface area contributed by atoms with Crippen LogP contribution in [0.15, 0.2) is 18.2 Å². The second-order valence-electron chi connectivity index (χ2n) is 5.37. The number of methoxy groups -OCH3 is 1. The fourth-order valence-electron chi connectivity index (χ4n) is 2.30. The molecule has 1 aromatic rings. The zero-order valence-electron chi connectivity index (χ0n) is 12.9. The molecule has 0 aliphatic carbocycles. The third kappa shape index (κ3) is 9.67. The zero-order valence-corrected chi connectivity index (χ0v) is 14.6. The van der Waals surface area contributed by atoms with Crippen molar-refractivity contribution in [2.24, 2.45) is 0 Å². The van der Waals surface area contributed by atoms with Gasteiger partial charge in [-0.15, -0.1) is 0 Å². The largest absolute Gasteiger partial charge is 0.380 e. The molecule has 0 saturated carbocycles. The molecule has 0 saturated heterocycles. The summed E-state index contributed by atoms with van der Waals surface area (Å²) in [4.78, 5) is 0. The Bertz CT molecular complexity index is 652. The fraction of sp³-hybridized carbons (Fsp3) is 0.571. The van der Waals surface area contributed by atoms with Gasteiger partial charge in [0.1, 0.15) is 0 Å². The third-order valence-corrected chi connectivity index (χ3v) is 4.77. The molecule has 0 atom stereocenters. The van der Waals surface area contributed by atoms with E-state index in [0.29, 0.717) is 32.3 Å². The number of hydrogen-bond acceptors (Lipinski definition) is 5. The van der Waals surface area contributed by atoms with E-state index in [-0.39, 0.29) is 11.5 Å². The molecule has 0 spiro atoms. The summed E-state index contributed by atoms with van der Waals surface area (Å²) < 4.78 is 65.6. The zero-order chi connectivity index (χ0) is 17.5. The van der Waals surface area contributed by atoms with Gasteiger partial charge in [-0.25, -0.2) is 0 Å². The van der Waals surface area contributed by atoms with Gasteiger partial charge in [0.2, 0.25) is 0 Å².